The zero-order valence-electron chi connectivity index (χ0n) is 21.5. The molecule has 3 aromatic carbocycles. The van der Waals surface area contributed by atoms with Gasteiger partial charge in [0.05, 0.1) is 30.9 Å². The highest BCUT2D eigenvalue weighted by Gasteiger charge is 2.34. The summed E-state index contributed by atoms with van der Waals surface area (Å²) in [5.41, 5.74) is 1.19. The van der Waals surface area contributed by atoms with Gasteiger partial charge in [0, 0.05) is 0 Å². The standard InChI is InChI=1S/C29H28N2O7S/c1-3-36-23-12-8-7-11-22(23)30-27(32)19-38-24-14-13-20(17-25(24)35-2)18-26-28(33)31(29(34)39-26)15-16-37-21-9-5-4-6-10-21/h4-14,17-18H,3,15-16,19H2,1-2H3,(H,30,32)/b26-18-. The van der Waals surface area contributed by atoms with E-state index in [1.165, 1.54) is 7.11 Å². The van der Waals surface area contributed by atoms with E-state index in [1.807, 2.05) is 43.3 Å². The van der Waals surface area contributed by atoms with Gasteiger partial charge in [-0.3, -0.25) is 19.3 Å². The van der Waals surface area contributed by atoms with Gasteiger partial charge in [0.25, 0.3) is 17.1 Å². The summed E-state index contributed by atoms with van der Waals surface area (Å²) in [6.07, 6.45) is 1.62. The lowest BCUT2D eigenvalue weighted by atomic mass is 10.2. The van der Waals surface area contributed by atoms with E-state index in [2.05, 4.69) is 5.32 Å². The number of benzene rings is 3. The summed E-state index contributed by atoms with van der Waals surface area (Å²) in [4.78, 5) is 39.2. The van der Waals surface area contributed by atoms with Gasteiger partial charge < -0.3 is 24.3 Å². The van der Waals surface area contributed by atoms with E-state index in [0.29, 0.717) is 45.8 Å². The molecule has 0 aliphatic carbocycles. The van der Waals surface area contributed by atoms with E-state index < -0.39 is 0 Å². The Morgan fingerprint density at radius 3 is 2.46 bits per heavy atom. The van der Waals surface area contributed by atoms with E-state index >= 15 is 0 Å². The molecule has 10 heteroatoms. The van der Waals surface area contributed by atoms with Crippen LogP contribution in [0.25, 0.3) is 6.08 Å². The molecule has 0 bridgehead atoms. The molecule has 1 saturated heterocycles. The highest BCUT2D eigenvalue weighted by atomic mass is 32.2. The summed E-state index contributed by atoms with van der Waals surface area (Å²) in [7, 11) is 1.48. The van der Waals surface area contributed by atoms with Gasteiger partial charge in [-0.25, -0.2) is 0 Å². The lowest BCUT2D eigenvalue weighted by Crippen LogP contribution is -2.32. The predicted molar refractivity (Wildman–Crippen MR) is 149 cm³/mol. The van der Waals surface area contributed by atoms with Crippen LogP contribution in [0.3, 0.4) is 0 Å². The van der Waals surface area contributed by atoms with Crippen LogP contribution < -0.4 is 24.3 Å². The Bertz CT molecular complexity index is 1360. The van der Waals surface area contributed by atoms with Crippen molar-refractivity contribution < 1.29 is 33.3 Å². The van der Waals surface area contributed by atoms with Crippen molar-refractivity contribution in [2.45, 2.75) is 6.92 Å². The Morgan fingerprint density at radius 2 is 1.69 bits per heavy atom. The van der Waals surface area contributed by atoms with E-state index in [0.717, 1.165) is 16.7 Å². The first-order chi connectivity index (χ1) is 19.0. The molecular formula is C29H28N2O7S. The summed E-state index contributed by atoms with van der Waals surface area (Å²) in [5.74, 6) is 1.23. The van der Waals surface area contributed by atoms with E-state index in [-0.39, 0.29) is 36.8 Å². The molecule has 4 rings (SSSR count). The number of hydrogen-bond acceptors (Lipinski definition) is 8. The van der Waals surface area contributed by atoms with E-state index in [9.17, 15) is 14.4 Å². The van der Waals surface area contributed by atoms with Gasteiger partial charge in [-0.05, 0) is 66.7 Å². The lowest BCUT2D eigenvalue weighted by Gasteiger charge is -2.13. The number of carbonyl (C=O) groups is 3. The summed E-state index contributed by atoms with van der Waals surface area (Å²) in [6, 6.07) is 21.4. The summed E-state index contributed by atoms with van der Waals surface area (Å²) in [5, 5.41) is 2.42. The number of amides is 3. The van der Waals surface area contributed by atoms with Crippen molar-refractivity contribution in [2.24, 2.45) is 0 Å². The number of imide groups is 1. The average molecular weight is 549 g/mol. The lowest BCUT2D eigenvalue weighted by molar-refractivity contribution is -0.123. The number of hydrogen-bond donors (Lipinski definition) is 1. The Balaban J connectivity index is 1.35. The van der Waals surface area contributed by atoms with Crippen molar-refractivity contribution in [3.8, 4) is 23.0 Å². The van der Waals surface area contributed by atoms with E-state index in [1.54, 1.807) is 42.5 Å². The van der Waals surface area contributed by atoms with Gasteiger partial charge in [-0.15, -0.1) is 0 Å². The fourth-order valence-corrected chi connectivity index (χ4v) is 4.55. The largest absolute Gasteiger partial charge is 0.493 e. The van der Waals surface area contributed by atoms with Crippen molar-refractivity contribution in [1.29, 1.82) is 0 Å². The number of ether oxygens (including phenoxy) is 4. The molecule has 3 amide bonds. The molecule has 39 heavy (non-hydrogen) atoms. The minimum atomic E-state index is -0.384. The molecule has 0 saturated carbocycles. The first-order valence-electron chi connectivity index (χ1n) is 12.2. The van der Waals surface area contributed by atoms with Crippen LogP contribution in [0.15, 0.2) is 77.7 Å². The van der Waals surface area contributed by atoms with Gasteiger partial charge in [0.1, 0.15) is 18.1 Å². The number of para-hydroxylation sites is 3. The summed E-state index contributed by atoms with van der Waals surface area (Å²) in [6.45, 7) is 2.43. The second kappa shape index (κ2) is 13.4. The third-order valence-corrected chi connectivity index (χ3v) is 6.41. The molecule has 0 radical (unpaired) electrons. The normalized spacial score (nSPS) is 13.9. The van der Waals surface area contributed by atoms with Crippen LogP contribution in [0, 0.1) is 0 Å². The Kier molecular flexibility index (Phi) is 9.47. The smallest absolute Gasteiger partial charge is 0.293 e. The maximum Gasteiger partial charge on any atom is 0.293 e. The number of anilines is 1. The van der Waals surface area contributed by atoms with Gasteiger partial charge >= 0.3 is 0 Å². The molecule has 0 spiro atoms. The van der Waals surface area contributed by atoms with Crippen molar-refractivity contribution in [2.75, 3.05) is 38.8 Å². The Labute approximate surface area is 230 Å². The Morgan fingerprint density at radius 1 is 0.923 bits per heavy atom. The second-order valence-corrected chi connectivity index (χ2v) is 9.16. The molecule has 0 aromatic heterocycles. The third kappa shape index (κ3) is 7.32. The monoisotopic (exact) mass is 548 g/mol. The van der Waals surface area contributed by atoms with Gasteiger partial charge in [0.2, 0.25) is 0 Å². The molecule has 3 aromatic rings. The first kappa shape index (κ1) is 27.6. The Hall–Kier alpha value is -4.44. The van der Waals surface area contributed by atoms with Crippen molar-refractivity contribution >= 4 is 40.6 Å². The van der Waals surface area contributed by atoms with Gasteiger partial charge in [0.15, 0.2) is 18.1 Å². The number of thioether (sulfide) groups is 1. The van der Waals surface area contributed by atoms with Crippen LogP contribution in [0.2, 0.25) is 0 Å². The SMILES string of the molecule is CCOc1ccccc1NC(=O)COc1ccc(/C=C2\SC(=O)N(CCOc3ccccc3)C2=O)cc1OC. The van der Waals surface area contributed by atoms with Crippen LogP contribution in [0.1, 0.15) is 12.5 Å². The summed E-state index contributed by atoms with van der Waals surface area (Å²) < 4.78 is 22.2. The van der Waals surface area contributed by atoms with Gasteiger partial charge in [-0.2, -0.15) is 0 Å². The fourth-order valence-electron chi connectivity index (χ4n) is 3.69. The van der Waals surface area contributed by atoms with Crippen LogP contribution in [0.5, 0.6) is 23.0 Å². The predicted octanol–water partition coefficient (Wildman–Crippen LogP) is 5.23. The van der Waals surface area contributed by atoms with Crippen molar-refractivity contribution in [3.63, 3.8) is 0 Å². The molecular weight excluding hydrogens is 520 g/mol. The molecule has 1 fully saturated rings. The van der Waals surface area contributed by atoms with Crippen LogP contribution in [-0.2, 0) is 9.59 Å². The molecule has 202 valence electrons. The van der Waals surface area contributed by atoms with Crippen molar-refractivity contribution in [3.05, 3.63) is 83.3 Å². The average Bonchev–Trinajstić information content (AvgIpc) is 3.21. The molecule has 1 heterocycles. The van der Waals surface area contributed by atoms with Gasteiger partial charge in [-0.1, -0.05) is 36.4 Å². The van der Waals surface area contributed by atoms with E-state index in [4.69, 9.17) is 18.9 Å². The highest BCUT2D eigenvalue weighted by Crippen LogP contribution is 2.34. The number of nitrogens with one attached hydrogen (secondary N) is 1. The van der Waals surface area contributed by atoms with Crippen molar-refractivity contribution in [1.82, 2.24) is 4.90 Å². The summed E-state index contributed by atoms with van der Waals surface area (Å²) >= 11 is 0.868. The number of rotatable bonds is 12. The molecule has 1 aliphatic heterocycles. The van der Waals surface area contributed by atoms with Crippen LogP contribution in [0.4, 0.5) is 10.5 Å². The number of methoxy groups -OCH3 is 1. The zero-order chi connectivity index (χ0) is 27.6. The molecule has 0 atom stereocenters. The minimum absolute atomic E-state index is 0.143. The molecule has 1 N–H and O–H groups in total. The zero-order valence-corrected chi connectivity index (χ0v) is 22.4. The maximum atomic E-state index is 12.8. The second-order valence-electron chi connectivity index (χ2n) is 8.17. The third-order valence-electron chi connectivity index (χ3n) is 5.51. The highest BCUT2D eigenvalue weighted by molar-refractivity contribution is 8.18. The molecule has 9 nitrogen and oxygen atoms in total. The molecule has 1 aliphatic rings. The van der Waals surface area contributed by atoms with Crippen LogP contribution in [-0.4, -0.2) is 55.4 Å². The topological polar surface area (TPSA) is 103 Å². The minimum Gasteiger partial charge on any atom is -0.493 e. The van der Waals surface area contributed by atoms with Crippen LogP contribution >= 0.6 is 11.8 Å². The fraction of sp³-hybridized carbons (Fsp3) is 0.207. The first-order valence-corrected chi connectivity index (χ1v) is 13.1. The number of carbonyl (C=O) groups excluding carboxylic acids is 3. The maximum absolute atomic E-state index is 12.8. The quantitative estimate of drug-likeness (QED) is 0.307. The molecule has 0 unspecified atom stereocenters. The number of nitrogens with zero attached hydrogens (tertiary/aromatic N) is 1.